The van der Waals surface area contributed by atoms with Gasteiger partial charge >= 0.3 is 0 Å². The van der Waals surface area contributed by atoms with Gasteiger partial charge in [0.1, 0.15) is 0 Å². The van der Waals surface area contributed by atoms with E-state index in [1.54, 1.807) is 30.5 Å². The van der Waals surface area contributed by atoms with Gasteiger partial charge in [-0.3, -0.25) is 15.1 Å². The Hall–Kier alpha value is -3.08. The van der Waals surface area contributed by atoms with Gasteiger partial charge in [0.25, 0.3) is 5.69 Å². The molecular formula is C16H11N3O2. The molecule has 0 unspecified atom stereocenters. The van der Waals surface area contributed by atoms with E-state index in [0.29, 0.717) is 5.69 Å². The monoisotopic (exact) mass is 277 g/mol. The molecule has 0 bridgehead atoms. The quantitative estimate of drug-likeness (QED) is 0.540. The van der Waals surface area contributed by atoms with Gasteiger partial charge in [0, 0.05) is 12.1 Å². The number of aromatic nitrogens is 2. The van der Waals surface area contributed by atoms with E-state index in [2.05, 4.69) is 9.97 Å². The van der Waals surface area contributed by atoms with Crippen LogP contribution in [0.1, 0.15) is 11.3 Å². The molecule has 5 heteroatoms. The van der Waals surface area contributed by atoms with Crippen LogP contribution < -0.4 is 0 Å². The molecule has 5 nitrogen and oxygen atoms in total. The number of fused-ring (bicyclic) bond motifs is 1. The van der Waals surface area contributed by atoms with Crippen LogP contribution in [0.15, 0.2) is 54.7 Å². The third-order valence-corrected chi connectivity index (χ3v) is 2.99. The van der Waals surface area contributed by atoms with Gasteiger partial charge in [0.2, 0.25) is 0 Å². The molecule has 0 atom stereocenters. The molecule has 0 spiro atoms. The average molecular weight is 277 g/mol. The number of nitrogens with zero attached hydrogens (tertiary/aromatic N) is 3. The van der Waals surface area contributed by atoms with Crippen molar-refractivity contribution in [2.24, 2.45) is 0 Å². The zero-order valence-corrected chi connectivity index (χ0v) is 11.0. The molecule has 1 aromatic heterocycles. The maximum Gasteiger partial charge on any atom is 0.270 e. The zero-order chi connectivity index (χ0) is 14.7. The molecule has 0 fully saturated rings. The second-order valence-corrected chi connectivity index (χ2v) is 4.47. The molecule has 0 amide bonds. The minimum Gasteiger partial charge on any atom is -0.258 e. The smallest absolute Gasteiger partial charge is 0.258 e. The summed E-state index contributed by atoms with van der Waals surface area (Å²) in [6.07, 6.45) is 5.25. The molecule has 0 aliphatic carbocycles. The van der Waals surface area contributed by atoms with Crippen molar-refractivity contribution in [3.63, 3.8) is 0 Å². The molecular weight excluding hydrogens is 266 g/mol. The second-order valence-electron chi connectivity index (χ2n) is 4.47. The van der Waals surface area contributed by atoms with Crippen molar-refractivity contribution in [2.75, 3.05) is 0 Å². The summed E-state index contributed by atoms with van der Waals surface area (Å²) in [4.78, 5) is 19.1. The first-order chi connectivity index (χ1) is 10.2. The summed E-state index contributed by atoms with van der Waals surface area (Å²) < 4.78 is 0. The predicted octanol–water partition coefficient (Wildman–Crippen LogP) is 3.71. The molecule has 0 N–H and O–H groups in total. The van der Waals surface area contributed by atoms with E-state index < -0.39 is 4.92 Å². The summed E-state index contributed by atoms with van der Waals surface area (Å²) in [6.45, 7) is 0. The van der Waals surface area contributed by atoms with Gasteiger partial charge in [-0.05, 0) is 23.8 Å². The third-order valence-electron chi connectivity index (χ3n) is 2.99. The summed E-state index contributed by atoms with van der Waals surface area (Å²) in [5.74, 6) is 0. The van der Waals surface area contributed by atoms with Crippen LogP contribution in [0, 0.1) is 10.1 Å². The molecule has 2 aromatic carbocycles. The van der Waals surface area contributed by atoms with E-state index in [4.69, 9.17) is 0 Å². The minimum atomic E-state index is -0.410. The van der Waals surface area contributed by atoms with Gasteiger partial charge < -0.3 is 0 Å². The number of nitro benzene ring substituents is 1. The molecule has 3 aromatic rings. The molecule has 102 valence electrons. The highest BCUT2D eigenvalue weighted by Gasteiger charge is 2.03. The van der Waals surface area contributed by atoms with Crippen LogP contribution in [0.3, 0.4) is 0 Å². The largest absolute Gasteiger partial charge is 0.270 e. The first kappa shape index (κ1) is 12.9. The molecule has 0 aliphatic rings. The van der Waals surface area contributed by atoms with Crippen LogP contribution in [0.4, 0.5) is 5.69 Å². The van der Waals surface area contributed by atoms with Gasteiger partial charge in [-0.15, -0.1) is 0 Å². The van der Waals surface area contributed by atoms with Crippen LogP contribution in [0.25, 0.3) is 23.2 Å². The van der Waals surface area contributed by atoms with E-state index in [-0.39, 0.29) is 5.69 Å². The molecule has 0 saturated carbocycles. The fourth-order valence-electron chi connectivity index (χ4n) is 1.98. The SMILES string of the molecule is O=[N+]([O-])c1cccc(/C=C/c2cnc3ccccc3n2)c1. The fourth-order valence-corrected chi connectivity index (χ4v) is 1.98. The standard InChI is InChI=1S/C16H11N3O2/c20-19(21)14-5-3-4-12(10-14)8-9-13-11-17-15-6-1-2-7-16(15)18-13/h1-11H/b9-8+. The number of non-ortho nitro benzene ring substituents is 1. The molecule has 0 aliphatic heterocycles. The Labute approximate surface area is 120 Å². The van der Waals surface area contributed by atoms with E-state index in [0.717, 1.165) is 16.6 Å². The Morgan fingerprint density at radius 1 is 1.00 bits per heavy atom. The molecule has 0 saturated heterocycles. The first-order valence-corrected chi connectivity index (χ1v) is 6.37. The van der Waals surface area contributed by atoms with E-state index in [9.17, 15) is 10.1 Å². The number of hydrogen-bond donors (Lipinski definition) is 0. The lowest BCUT2D eigenvalue weighted by molar-refractivity contribution is -0.384. The Bertz CT molecular complexity index is 844. The Kier molecular flexibility index (Phi) is 3.39. The maximum atomic E-state index is 10.7. The van der Waals surface area contributed by atoms with E-state index >= 15 is 0 Å². The van der Waals surface area contributed by atoms with Gasteiger partial charge in [0.15, 0.2) is 0 Å². The van der Waals surface area contributed by atoms with Crippen molar-refractivity contribution in [2.45, 2.75) is 0 Å². The highest BCUT2D eigenvalue weighted by atomic mass is 16.6. The summed E-state index contributed by atoms with van der Waals surface area (Å²) in [7, 11) is 0. The van der Waals surface area contributed by atoms with Crippen molar-refractivity contribution < 1.29 is 4.92 Å². The Morgan fingerprint density at radius 3 is 2.62 bits per heavy atom. The Morgan fingerprint density at radius 2 is 1.81 bits per heavy atom. The van der Waals surface area contributed by atoms with Crippen LogP contribution in [0.5, 0.6) is 0 Å². The van der Waals surface area contributed by atoms with Crippen molar-refractivity contribution in [1.29, 1.82) is 0 Å². The van der Waals surface area contributed by atoms with Gasteiger partial charge in [-0.25, -0.2) is 4.98 Å². The van der Waals surface area contributed by atoms with Gasteiger partial charge in [-0.2, -0.15) is 0 Å². The zero-order valence-electron chi connectivity index (χ0n) is 11.0. The molecule has 21 heavy (non-hydrogen) atoms. The summed E-state index contributed by atoms with van der Waals surface area (Å²) >= 11 is 0. The number of rotatable bonds is 3. The van der Waals surface area contributed by atoms with Crippen LogP contribution >= 0.6 is 0 Å². The highest BCUT2D eigenvalue weighted by molar-refractivity contribution is 5.76. The number of para-hydroxylation sites is 2. The predicted molar refractivity (Wildman–Crippen MR) is 81.6 cm³/mol. The molecule has 3 rings (SSSR count). The van der Waals surface area contributed by atoms with Crippen LogP contribution in [-0.2, 0) is 0 Å². The second kappa shape index (κ2) is 5.50. The lowest BCUT2D eigenvalue weighted by Crippen LogP contribution is -1.88. The van der Waals surface area contributed by atoms with E-state index in [1.165, 1.54) is 12.1 Å². The van der Waals surface area contributed by atoms with Gasteiger partial charge in [-0.1, -0.05) is 30.3 Å². The highest BCUT2D eigenvalue weighted by Crippen LogP contribution is 2.16. The van der Waals surface area contributed by atoms with Gasteiger partial charge in [0.05, 0.1) is 27.8 Å². The van der Waals surface area contributed by atoms with Crippen molar-refractivity contribution in [3.8, 4) is 0 Å². The Balaban J connectivity index is 1.90. The third kappa shape index (κ3) is 2.92. The lowest BCUT2D eigenvalue weighted by Gasteiger charge is -1.98. The van der Waals surface area contributed by atoms with E-state index in [1.807, 2.05) is 24.3 Å². The number of nitro groups is 1. The molecule has 0 radical (unpaired) electrons. The van der Waals surface area contributed by atoms with Crippen molar-refractivity contribution in [1.82, 2.24) is 9.97 Å². The normalized spacial score (nSPS) is 11.0. The summed E-state index contributed by atoms with van der Waals surface area (Å²) in [6, 6.07) is 14.1. The van der Waals surface area contributed by atoms with Crippen molar-refractivity contribution >= 4 is 28.9 Å². The van der Waals surface area contributed by atoms with Crippen LogP contribution in [0.2, 0.25) is 0 Å². The number of benzene rings is 2. The van der Waals surface area contributed by atoms with Crippen molar-refractivity contribution in [3.05, 3.63) is 76.1 Å². The first-order valence-electron chi connectivity index (χ1n) is 6.37. The lowest BCUT2D eigenvalue weighted by atomic mass is 10.2. The minimum absolute atomic E-state index is 0.0711. The average Bonchev–Trinajstić information content (AvgIpc) is 2.53. The summed E-state index contributed by atoms with van der Waals surface area (Å²) in [5.41, 5.74) is 3.19. The van der Waals surface area contributed by atoms with Crippen LogP contribution in [-0.4, -0.2) is 14.9 Å². The number of hydrogen-bond acceptors (Lipinski definition) is 4. The fraction of sp³-hybridized carbons (Fsp3) is 0. The summed E-state index contributed by atoms with van der Waals surface area (Å²) in [5, 5.41) is 10.7. The molecule has 1 heterocycles. The maximum absolute atomic E-state index is 10.7. The topological polar surface area (TPSA) is 68.9 Å².